The van der Waals surface area contributed by atoms with E-state index in [2.05, 4.69) is 30.4 Å². The average molecular weight is 484 g/mol. The molecule has 0 aliphatic rings. The molecular weight excluding hydrogens is 461 g/mol. The molecule has 0 spiro atoms. The van der Waals surface area contributed by atoms with Crippen LogP contribution in [0.15, 0.2) is 55.0 Å². The molecule has 0 atom stereocenters. The van der Waals surface area contributed by atoms with Gasteiger partial charge in [0.2, 0.25) is 0 Å². The predicted octanol–water partition coefficient (Wildman–Crippen LogP) is 4.03. The molecular formula is C25H22FN9O. The van der Waals surface area contributed by atoms with Crippen LogP contribution in [0.5, 0.6) is 5.75 Å². The van der Waals surface area contributed by atoms with Crippen LogP contribution in [0, 0.1) is 5.82 Å². The minimum Gasteiger partial charge on any atom is -0.492 e. The first-order valence-corrected chi connectivity index (χ1v) is 11.3. The number of imidazole rings is 1. The van der Waals surface area contributed by atoms with E-state index in [9.17, 15) is 4.39 Å². The molecule has 0 aliphatic carbocycles. The summed E-state index contributed by atoms with van der Waals surface area (Å²) in [6.45, 7) is 1.18. The molecule has 10 nitrogen and oxygen atoms in total. The minimum absolute atomic E-state index is 0.387. The van der Waals surface area contributed by atoms with Crippen LogP contribution in [0.25, 0.3) is 56.1 Å². The lowest BCUT2D eigenvalue weighted by molar-refractivity contribution is 0.260. The zero-order valence-electron chi connectivity index (χ0n) is 19.6. The molecule has 6 aromatic rings. The molecule has 11 heteroatoms. The topological polar surface area (TPSA) is 124 Å². The Morgan fingerprint density at radius 1 is 1.03 bits per heavy atom. The standard InChI is InChI=1S/C25H22FN9O/c1-35(2)7-8-36-17-10-14(9-16(26)11-17)18-5-6-27-24-21(18)31-25(32-24)23-22-20(33-34-23)4-3-19(30-22)15-12-28-29-13-15/h3-6,9-13H,7-8H2,1-2H3,(H,28,29)(H,33,34)(H,27,31,32). The summed E-state index contributed by atoms with van der Waals surface area (Å²) in [5.41, 5.74) is 6.16. The molecule has 0 saturated heterocycles. The normalized spacial score (nSPS) is 11.7. The van der Waals surface area contributed by atoms with Gasteiger partial charge in [0.05, 0.1) is 17.4 Å². The van der Waals surface area contributed by atoms with Gasteiger partial charge >= 0.3 is 0 Å². The fraction of sp³-hybridized carbons (Fsp3) is 0.160. The number of aromatic nitrogens is 8. The van der Waals surface area contributed by atoms with E-state index in [0.717, 1.165) is 28.9 Å². The fourth-order valence-corrected chi connectivity index (χ4v) is 4.02. The highest BCUT2D eigenvalue weighted by Crippen LogP contribution is 2.32. The van der Waals surface area contributed by atoms with E-state index in [1.807, 2.05) is 43.3 Å². The van der Waals surface area contributed by atoms with Gasteiger partial charge in [-0.3, -0.25) is 10.2 Å². The van der Waals surface area contributed by atoms with Crippen LogP contribution >= 0.6 is 0 Å². The van der Waals surface area contributed by atoms with Crippen LogP contribution in [0.1, 0.15) is 0 Å². The molecule has 0 bridgehead atoms. The number of aromatic amines is 3. The van der Waals surface area contributed by atoms with Crippen molar-refractivity contribution < 1.29 is 9.13 Å². The lowest BCUT2D eigenvalue weighted by atomic mass is 10.1. The van der Waals surface area contributed by atoms with Gasteiger partial charge in [-0.2, -0.15) is 10.2 Å². The van der Waals surface area contributed by atoms with E-state index in [0.29, 0.717) is 46.1 Å². The van der Waals surface area contributed by atoms with Gasteiger partial charge in [0, 0.05) is 36.1 Å². The van der Waals surface area contributed by atoms with Crippen molar-refractivity contribution in [3.8, 4) is 39.7 Å². The molecule has 0 radical (unpaired) electrons. The number of hydrogen-bond donors (Lipinski definition) is 3. The summed E-state index contributed by atoms with van der Waals surface area (Å²) < 4.78 is 20.3. The molecule has 3 N–H and O–H groups in total. The molecule has 5 aromatic heterocycles. The van der Waals surface area contributed by atoms with Gasteiger partial charge < -0.3 is 14.6 Å². The highest BCUT2D eigenvalue weighted by atomic mass is 19.1. The van der Waals surface area contributed by atoms with Gasteiger partial charge in [-0.25, -0.2) is 19.3 Å². The molecule has 1 aromatic carbocycles. The van der Waals surface area contributed by atoms with E-state index < -0.39 is 0 Å². The molecule has 0 unspecified atom stereocenters. The van der Waals surface area contributed by atoms with Crippen molar-refractivity contribution in [2.75, 3.05) is 27.2 Å². The summed E-state index contributed by atoms with van der Waals surface area (Å²) in [6, 6.07) is 10.3. The number of halogens is 1. The number of rotatable bonds is 7. The van der Waals surface area contributed by atoms with Gasteiger partial charge in [-0.05, 0) is 50.0 Å². The largest absolute Gasteiger partial charge is 0.492 e. The zero-order chi connectivity index (χ0) is 24.6. The highest BCUT2D eigenvalue weighted by molar-refractivity contribution is 5.95. The minimum atomic E-state index is -0.387. The summed E-state index contributed by atoms with van der Waals surface area (Å²) in [4.78, 5) is 19.2. The van der Waals surface area contributed by atoms with E-state index in [-0.39, 0.29) is 5.82 Å². The third-order valence-corrected chi connectivity index (χ3v) is 5.80. The highest BCUT2D eigenvalue weighted by Gasteiger charge is 2.18. The number of fused-ring (bicyclic) bond motifs is 2. The summed E-state index contributed by atoms with van der Waals surface area (Å²) in [6.07, 6.45) is 5.15. The molecule has 180 valence electrons. The summed E-state index contributed by atoms with van der Waals surface area (Å²) in [5.74, 6) is 0.580. The Bertz CT molecular complexity index is 1670. The maximum absolute atomic E-state index is 14.5. The zero-order valence-corrected chi connectivity index (χ0v) is 19.6. The third-order valence-electron chi connectivity index (χ3n) is 5.80. The summed E-state index contributed by atoms with van der Waals surface area (Å²) in [5, 5.41) is 14.3. The lowest BCUT2D eigenvalue weighted by Gasteiger charge is -2.12. The molecule has 0 fully saturated rings. The Kier molecular flexibility index (Phi) is 5.38. The number of nitrogens with zero attached hydrogens (tertiary/aromatic N) is 6. The van der Waals surface area contributed by atoms with Gasteiger partial charge in [-0.15, -0.1) is 0 Å². The first-order chi connectivity index (χ1) is 17.5. The van der Waals surface area contributed by atoms with E-state index in [1.165, 1.54) is 12.1 Å². The number of hydrogen-bond acceptors (Lipinski definition) is 7. The van der Waals surface area contributed by atoms with E-state index in [1.54, 1.807) is 18.6 Å². The number of nitrogens with one attached hydrogen (secondary N) is 3. The number of likely N-dealkylation sites (N-methyl/N-ethyl adjacent to an activating group) is 1. The molecule has 0 amide bonds. The SMILES string of the molecule is CN(C)CCOc1cc(F)cc(-c2ccnc3[nH]c(-c4n[nH]c5ccc(-c6cn[nH]c6)nc45)nc23)c1. The second-order valence-electron chi connectivity index (χ2n) is 8.62. The molecule has 6 rings (SSSR count). The van der Waals surface area contributed by atoms with Crippen LogP contribution < -0.4 is 4.74 Å². The first kappa shape index (κ1) is 21.9. The number of pyridine rings is 2. The second kappa shape index (κ2) is 8.86. The summed E-state index contributed by atoms with van der Waals surface area (Å²) in [7, 11) is 3.92. The Morgan fingerprint density at radius 3 is 2.78 bits per heavy atom. The molecule has 36 heavy (non-hydrogen) atoms. The Hall–Kier alpha value is -4.64. The van der Waals surface area contributed by atoms with Gasteiger partial charge in [0.25, 0.3) is 0 Å². The lowest BCUT2D eigenvalue weighted by Crippen LogP contribution is -2.19. The van der Waals surface area contributed by atoms with E-state index in [4.69, 9.17) is 14.7 Å². The van der Waals surface area contributed by atoms with Crippen LogP contribution in [-0.2, 0) is 0 Å². The van der Waals surface area contributed by atoms with Crippen molar-refractivity contribution in [3.63, 3.8) is 0 Å². The predicted molar refractivity (Wildman–Crippen MR) is 134 cm³/mol. The van der Waals surface area contributed by atoms with Crippen molar-refractivity contribution in [3.05, 3.63) is 60.8 Å². The quantitative estimate of drug-likeness (QED) is 0.313. The molecule has 5 heterocycles. The van der Waals surface area contributed by atoms with E-state index >= 15 is 0 Å². The van der Waals surface area contributed by atoms with Crippen molar-refractivity contribution >= 4 is 22.2 Å². The van der Waals surface area contributed by atoms with Crippen LogP contribution in [0.3, 0.4) is 0 Å². The number of benzene rings is 1. The second-order valence-corrected chi connectivity index (χ2v) is 8.62. The van der Waals surface area contributed by atoms with Crippen molar-refractivity contribution in [2.45, 2.75) is 0 Å². The number of ether oxygens (including phenoxy) is 1. The smallest absolute Gasteiger partial charge is 0.162 e. The van der Waals surface area contributed by atoms with Crippen LogP contribution in [0.4, 0.5) is 4.39 Å². The Morgan fingerprint density at radius 2 is 1.94 bits per heavy atom. The van der Waals surface area contributed by atoms with Gasteiger partial charge in [0.1, 0.15) is 29.2 Å². The van der Waals surface area contributed by atoms with Crippen LogP contribution in [0.2, 0.25) is 0 Å². The molecule has 0 aliphatic heterocycles. The molecule has 0 saturated carbocycles. The summed E-state index contributed by atoms with van der Waals surface area (Å²) >= 11 is 0. The number of H-pyrrole nitrogens is 3. The van der Waals surface area contributed by atoms with Gasteiger partial charge in [-0.1, -0.05) is 0 Å². The van der Waals surface area contributed by atoms with Crippen LogP contribution in [-0.4, -0.2) is 72.5 Å². The monoisotopic (exact) mass is 483 g/mol. The van der Waals surface area contributed by atoms with Crippen molar-refractivity contribution in [1.29, 1.82) is 0 Å². The van der Waals surface area contributed by atoms with Crippen molar-refractivity contribution in [2.24, 2.45) is 0 Å². The average Bonchev–Trinajstić information content (AvgIpc) is 3.62. The Labute approximate surface area is 204 Å². The van der Waals surface area contributed by atoms with Crippen molar-refractivity contribution in [1.82, 2.24) is 45.2 Å². The Balaban J connectivity index is 1.41. The maximum atomic E-state index is 14.5. The maximum Gasteiger partial charge on any atom is 0.162 e. The third kappa shape index (κ3) is 4.05. The first-order valence-electron chi connectivity index (χ1n) is 11.3. The van der Waals surface area contributed by atoms with Gasteiger partial charge in [0.15, 0.2) is 17.2 Å². The fourth-order valence-electron chi connectivity index (χ4n) is 4.02.